The van der Waals surface area contributed by atoms with Crippen molar-refractivity contribution in [3.8, 4) is 28.5 Å². The number of pyridine rings is 2. The molecule has 1 saturated heterocycles. The fourth-order valence-corrected chi connectivity index (χ4v) is 5.16. The number of carbonyl (C=O) groups excluding carboxylic acids is 1. The average Bonchev–Trinajstić information content (AvgIpc) is 2.87. The molecule has 0 radical (unpaired) electrons. The van der Waals surface area contributed by atoms with E-state index in [0.29, 0.717) is 34.5 Å². The summed E-state index contributed by atoms with van der Waals surface area (Å²) in [5, 5.41) is 1.01. The lowest BCUT2D eigenvalue weighted by molar-refractivity contribution is 0.151. The van der Waals surface area contributed by atoms with Crippen LogP contribution in [0.5, 0.6) is 17.4 Å². The SMILES string of the molecule is COc1cc(OC)c(Cl)c(-c2cc3cnc(OC(N)=O)cc3n(CCCN3CCN(C)CC3)c2=O)c1Cl. The summed E-state index contributed by atoms with van der Waals surface area (Å²) in [7, 11) is 5.05. The summed E-state index contributed by atoms with van der Waals surface area (Å²) in [6, 6.07) is 4.75. The number of piperazine rings is 1. The summed E-state index contributed by atoms with van der Waals surface area (Å²) in [6.45, 7) is 5.20. The molecule has 3 aromatic rings. The minimum absolute atomic E-state index is 0.000850. The van der Waals surface area contributed by atoms with Crippen molar-refractivity contribution in [3.05, 3.63) is 44.8 Å². The van der Waals surface area contributed by atoms with Crippen molar-refractivity contribution in [2.75, 3.05) is 54.0 Å². The molecule has 2 aromatic heterocycles. The first-order valence-corrected chi connectivity index (χ1v) is 12.5. The van der Waals surface area contributed by atoms with E-state index < -0.39 is 6.09 Å². The highest BCUT2D eigenvalue weighted by Gasteiger charge is 2.23. The summed E-state index contributed by atoms with van der Waals surface area (Å²) in [5.41, 5.74) is 5.96. The van der Waals surface area contributed by atoms with Gasteiger partial charge in [0.1, 0.15) is 11.5 Å². The molecule has 12 heteroatoms. The number of ether oxygens (including phenoxy) is 3. The van der Waals surface area contributed by atoms with Crippen LogP contribution in [-0.2, 0) is 6.54 Å². The second-order valence-corrected chi connectivity index (χ2v) is 9.56. The molecule has 1 aliphatic rings. The highest BCUT2D eigenvalue weighted by Crippen LogP contribution is 2.45. The molecule has 1 aromatic carbocycles. The molecule has 0 atom stereocenters. The lowest BCUT2D eigenvalue weighted by Crippen LogP contribution is -2.44. The molecule has 1 fully saturated rings. The topological polar surface area (TPSA) is 112 Å². The number of rotatable bonds is 8. The predicted octanol–water partition coefficient (Wildman–Crippen LogP) is 3.48. The number of halogens is 2. The molecular weight excluding hydrogens is 521 g/mol. The Morgan fingerprint density at radius 3 is 2.27 bits per heavy atom. The van der Waals surface area contributed by atoms with Gasteiger partial charge in [-0.1, -0.05) is 23.2 Å². The van der Waals surface area contributed by atoms with Crippen LogP contribution in [0.15, 0.2) is 29.2 Å². The molecule has 1 amide bonds. The smallest absolute Gasteiger partial charge is 0.411 e. The monoisotopic (exact) mass is 549 g/mol. The van der Waals surface area contributed by atoms with E-state index in [2.05, 4.69) is 21.8 Å². The first kappa shape index (κ1) is 27.0. The normalized spacial score (nSPS) is 14.6. The third-order valence-electron chi connectivity index (χ3n) is 6.45. The summed E-state index contributed by atoms with van der Waals surface area (Å²) in [6.07, 6.45) is 1.24. The Balaban J connectivity index is 1.82. The lowest BCUT2D eigenvalue weighted by Gasteiger charge is -2.32. The van der Waals surface area contributed by atoms with Gasteiger partial charge in [-0.3, -0.25) is 4.79 Å². The van der Waals surface area contributed by atoms with Gasteiger partial charge in [0.25, 0.3) is 5.56 Å². The number of hydrogen-bond donors (Lipinski definition) is 1. The number of fused-ring (bicyclic) bond motifs is 1. The molecule has 0 unspecified atom stereocenters. The zero-order valence-corrected chi connectivity index (χ0v) is 22.4. The summed E-state index contributed by atoms with van der Waals surface area (Å²) >= 11 is 13.3. The number of primary amides is 1. The Morgan fingerprint density at radius 1 is 1.03 bits per heavy atom. The van der Waals surface area contributed by atoms with Crippen LogP contribution in [0, 0.1) is 0 Å². The number of benzene rings is 1. The van der Waals surface area contributed by atoms with Crippen LogP contribution in [0.25, 0.3) is 22.0 Å². The molecular formula is C25H29Cl2N5O5. The molecule has 1 aliphatic heterocycles. The Bertz CT molecular complexity index is 1340. The van der Waals surface area contributed by atoms with Crippen LogP contribution < -0.4 is 25.5 Å². The van der Waals surface area contributed by atoms with Crippen LogP contribution in [-0.4, -0.2) is 79.4 Å². The molecule has 37 heavy (non-hydrogen) atoms. The van der Waals surface area contributed by atoms with Gasteiger partial charge in [0.2, 0.25) is 5.88 Å². The fourth-order valence-electron chi connectivity index (χ4n) is 4.46. The van der Waals surface area contributed by atoms with Crippen LogP contribution in [0.1, 0.15) is 6.42 Å². The molecule has 2 N–H and O–H groups in total. The van der Waals surface area contributed by atoms with Crippen LogP contribution >= 0.6 is 23.2 Å². The van der Waals surface area contributed by atoms with Crippen molar-refractivity contribution in [2.24, 2.45) is 5.73 Å². The highest BCUT2D eigenvalue weighted by molar-refractivity contribution is 6.41. The zero-order chi connectivity index (χ0) is 26.7. The number of amides is 1. The predicted molar refractivity (Wildman–Crippen MR) is 143 cm³/mol. The van der Waals surface area contributed by atoms with Gasteiger partial charge in [0.05, 0.1) is 35.3 Å². The van der Waals surface area contributed by atoms with E-state index >= 15 is 0 Å². The maximum absolute atomic E-state index is 13.9. The average molecular weight is 550 g/mol. The third-order valence-corrected chi connectivity index (χ3v) is 7.20. The number of hydrogen-bond acceptors (Lipinski definition) is 8. The number of aryl methyl sites for hydroxylation is 1. The fraction of sp³-hybridized carbons (Fsp3) is 0.400. The third kappa shape index (κ3) is 5.77. The van der Waals surface area contributed by atoms with E-state index in [4.69, 9.17) is 43.1 Å². The molecule has 0 saturated carbocycles. The number of carbonyl (C=O) groups is 1. The van der Waals surface area contributed by atoms with Crippen LogP contribution in [0.4, 0.5) is 4.79 Å². The van der Waals surface area contributed by atoms with E-state index in [-0.39, 0.29) is 27.0 Å². The lowest BCUT2D eigenvalue weighted by atomic mass is 10.0. The van der Waals surface area contributed by atoms with Gasteiger partial charge >= 0.3 is 6.09 Å². The number of aromatic nitrogens is 2. The maximum Gasteiger partial charge on any atom is 0.411 e. The van der Waals surface area contributed by atoms with Crippen LogP contribution in [0.3, 0.4) is 0 Å². The molecule has 4 rings (SSSR count). The summed E-state index contributed by atoms with van der Waals surface area (Å²) in [5.74, 6) is 0.642. The standard InChI is InChI=1S/C25H29Cl2N5O5/c1-30-7-9-31(10-8-30)5-4-6-32-17-12-20(37-25(28)34)29-14-15(17)11-16(24(32)33)21-22(26)18(35-2)13-19(36-3)23(21)27/h11-14H,4-10H2,1-3H3,(H2,28,34). The van der Waals surface area contributed by atoms with Crippen molar-refractivity contribution in [1.29, 1.82) is 0 Å². The van der Waals surface area contributed by atoms with E-state index in [0.717, 1.165) is 39.1 Å². The van der Waals surface area contributed by atoms with Crippen molar-refractivity contribution in [3.63, 3.8) is 0 Å². The van der Waals surface area contributed by atoms with Gasteiger partial charge in [-0.15, -0.1) is 0 Å². The molecule has 10 nitrogen and oxygen atoms in total. The Morgan fingerprint density at radius 2 is 1.68 bits per heavy atom. The summed E-state index contributed by atoms with van der Waals surface area (Å²) in [4.78, 5) is 34.1. The largest absolute Gasteiger partial charge is 0.495 e. The molecule has 0 aliphatic carbocycles. The van der Waals surface area contributed by atoms with E-state index in [1.165, 1.54) is 26.5 Å². The molecule has 198 valence electrons. The van der Waals surface area contributed by atoms with Crippen molar-refractivity contribution < 1.29 is 19.0 Å². The van der Waals surface area contributed by atoms with Gasteiger partial charge in [0, 0.05) is 62.0 Å². The zero-order valence-electron chi connectivity index (χ0n) is 20.9. The molecule has 3 heterocycles. The highest BCUT2D eigenvalue weighted by atomic mass is 35.5. The van der Waals surface area contributed by atoms with Gasteiger partial charge in [-0.25, -0.2) is 9.78 Å². The van der Waals surface area contributed by atoms with Gasteiger partial charge in [0.15, 0.2) is 0 Å². The van der Waals surface area contributed by atoms with Crippen molar-refractivity contribution in [2.45, 2.75) is 13.0 Å². The second-order valence-electron chi connectivity index (χ2n) is 8.80. The quantitative estimate of drug-likeness (QED) is 0.454. The van der Waals surface area contributed by atoms with Gasteiger partial charge in [-0.05, 0) is 26.1 Å². The Labute approximate surface area is 224 Å². The number of likely N-dealkylation sites (N-methyl/N-ethyl adjacent to an activating group) is 1. The molecule has 0 bridgehead atoms. The maximum atomic E-state index is 13.9. The minimum Gasteiger partial charge on any atom is -0.495 e. The van der Waals surface area contributed by atoms with Crippen molar-refractivity contribution in [1.82, 2.24) is 19.4 Å². The second kappa shape index (κ2) is 11.6. The molecule has 0 spiro atoms. The minimum atomic E-state index is -0.991. The Kier molecular flexibility index (Phi) is 8.43. The number of methoxy groups -OCH3 is 2. The Hall–Kier alpha value is -3.05. The summed E-state index contributed by atoms with van der Waals surface area (Å²) < 4.78 is 17.4. The number of nitrogens with zero attached hydrogens (tertiary/aromatic N) is 4. The van der Waals surface area contributed by atoms with E-state index in [1.54, 1.807) is 16.7 Å². The van der Waals surface area contributed by atoms with Gasteiger partial charge < -0.3 is 34.3 Å². The first-order valence-electron chi connectivity index (χ1n) is 11.8. The first-order chi connectivity index (χ1) is 17.7. The number of nitrogens with two attached hydrogens (primary N) is 1. The van der Waals surface area contributed by atoms with E-state index in [9.17, 15) is 9.59 Å². The van der Waals surface area contributed by atoms with E-state index in [1.807, 2.05) is 0 Å². The van der Waals surface area contributed by atoms with Crippen molar-refractivity contribution >= 4 is 40.2 Å². The van der Waals surface area contributed by atoms with Gasteiger partial charge in [-0.2, -0.15) is 0 Å². The van der Waals surface area contributed by atoms with Crippen LogP contribution in [0.2, 0.25) is 10.0 Å².